The summed E-state index contributed by atoms with van der Waals surface area (Å²) in [4.78, 5) is 0. The van der Waals surface area contributed by atoms with Gasteiger partial charge in [0, 0.05) is 7.11 Å². The predicted octanol–water partition coefficient (Wildman–Crippen LogP) is 1.82. The molecule has 0 aromatic rings. The van der Waals surface area contributed by atoms with Crippen LogP contribution in [0.15, 0.2) is 0 Å². The maximum Gasteiger partial charge on any atom is 0.0900 e. The number of aliphatic hydroxyl groups is 1. The van der Waals surface area contributed by atoms with E-state index >= 15 is 0 Å². The van der Waals surface area contributed by atoms with E-state index < -0.39 is 5.60 Å². The Morgan fingerprint density at radius 3 is 1.45 bits per heavy atom. The van der Waals surface area contributed by atoms with Crippen LogP contribution >= 0.6 is 0 Å². The van der Waals surface area contributed by atoms with Gasteiger partial charge >= 0.3 is 0 Å². The molecule has 0 rings (SSSR count). The third-order valence-electron chi connectivity index (χ3n) is 1.66. The summed E-state index contributed by atoms with van der Waals surface area (Å²) in [5.74, 6) is 0. The molecule has 11 heavy (non-hydrogen) atoms. The third kappa shape index (κ3) is 3.21. The molecule has 0 aromatic heterocycles. The molecular formula is C9H20O2. The van der Waals surface area contributed by atoms with Crippen LogP contribution < -0.4 is 0 Å². The van der Waals surface area contributed by atoms with Crippen LogP contribution in [0.3, 0.4) is 0 Å². The lowest BCUT2D eigenvalue weighted by molar-refractivity contribution is -0.118. The van der Waals surface area contributed by atoms with Crippen molar-refractivity contribution in [2.75, 3.05) is 7.11 Å². The maximum absolute atomic E-state index is 9.69. The topological polar surface area (TPSA) is 29.5 Å². The number of ether oxygens (including phenoxy) is 1. The normalized spacial score (nSPS) is 16.6. The minimum Gasteiger partial charge on any atom is -0.388 e. The van der Waals surface area contributed by atoms with E-state index in [4.69, 9.17) is 4.74 Å². The fourth-order valence-corrected chi connectivity index (χ4v) is 1.70. The second-order valence-electron chi connectivity index (χ2n) is 4.64. The van der Waals surface area contributed by atoms with Gasteiger partial charge in [-0.2, -0.15) is 0 Å². The lowest BCUT2D eigenvalue weighted by Gasteiger charge is -2.37. The predicted molar refractivity (Wildman–Crippen MR) is 46.5 cm³/mol. The van der Waals surface area contributed by atoms with Crippen LogP contribution in [-0.4, -0.2) is 23.9 Å². The smallest absolute Gasteiger partial charge is 0.0900 e. The van der Waals surface area contributed by atoms with Crippen LogP contribution in [0.1, 0.15) is 34.6 Å². The van der Waals surface area contributed by atoms with Gasteiger partial charge in [-0.15, -0.1) is 0 Å². The number of hydrogen-bond acceptors (Lipinski definition) is 2. The van der Waals surface area contributed by atoms with Crippen molar-refractivity contribution in [3.8, 4) is 0 Å². The van der Waals surface area contributed by atoms with E-state index in [1.165, 1.54) is 0 Å². The molecule has 0 radical (unpaired) electrons. The van der Waals surface area contributed by atoms with Gasteiger partial charge < -0.3 is 9.84 Å². The van der Waals surface area contributed by atoms with Gasteiger partial charge in [-0.05, 0) is 19.3 Å². The monoisotopic (exact) mass is 160 g/mol. The summed E-state index contributed by atoms with van der Waals surface area (Å²) in [7, 11) is 1.63. The number of hydrogen-bond donors (Lipinski definition) is 1. The highest BCUT2D eigenvalue weighted by Crippen LogP contribution is 2.29. The van der Waals surface area contributed by atoms with Crippen LogP contribution in [0, 0.1) is 5.41 Å². The molecule has 0 saturated heterocycles. The molecule has 0 bridgehead atoms. The van der Waals surface area contributed by atoms with Crippen LogP contribution in [0.25, 0.3) is 0 Å². The van der Waals surface area contributed by atoms with E-state index in [1.54, 1.807) is 21.0 Å². The molecule has 1 atom stereocenters. The zero-order valence-electron chi connectivity index (χ0n) is 8.43. The van der Waals surface area contributed by atoms with E-state index in [2.05, 4.69) is 20.8 Å². The lowest BCUT2D eigenvalue weighted by atomic mass is 9.80. The molecule has 0 fully saturated rings. The Hall–Kier alpha value is -0.0800. The van der Waals surface area contributed by atoms with Gasteiger partial charge in [0.05, 0.1) is 11.7 Å². The van der Waals surface area contributed by atoms with Crippen molar-refractivity contribution in [2.24, 2.45) is 5.41 Å². The molecule has 0 aliphatic heterocycles. The molecule has 0 aliphatic rings. The average Bonchev–Trinajstić information content (AvgIpc) is 1.56. The van der Waals surface area contributed by atoms with Crippen molar-refractivity contribution in [1.29, 1.82) is 0 Å². The largest absolute Gasteiger partial charge is 0.388 e. The quantitative estimate of drug-likeness (QED) is 0.667. The summed E-state index contributed by atoms with van der Waals surface area (Å²) in [5.41, 5.74) is -0.792. The number of methoxy groups -OCH3 is 1. The lowest BCUT2D eigenvalue weighted by Crippen LogP contribution is -2.46. The molecule has 1 N–H and O–H groups in total. The zero-order valence-corrected chi connectivity index (χ0v) is 8.43. The molecular weight excluding hydrogens is 140 g/mol. The van der Waals surface area contributed by atoms with Gasteiger partial charge in [0.15, 0.2) is 0 Å². The van der Waals surface area contributed by atoms with Gasteiger partial charge in [0.25, 0.3) is 0 Å². The molecule has 0 aliphatic carbocycles. The maximum atomic E-state index is 9.69. The van der Waals surface area contributed by atoms with Crippen molar-refractivity contribution >= 4 is 0 Å². The molecule has 0 unspecified atom stereocenters. The third-order valence-corrected chi connectivity index (χ3v) is 1.66. The van der Waals surface area contributed by atoms with Crippen LogP contribution in [0.5, 0.6) is 0 Å². The first-order valence-electron chi connectivity index (χ1n) is 3.94. The Morgan fingerprint density at radius 2 is 1.45 bits per heavy atom. The van der Waals surface area contributed by atoms with Crippen LogP contribution in [-0.2, 0) is 4.74 Å². The Labute approximate surface area is 69.6 Å². The van der Waals surface area contributed by atoms with E-state index in [0.29, 0.717) is 0 Å². The standard InChI is InChI=1S/C9H20O2/c1-8(2,3)7(11-6)9(4,5)10/h7,10H,1-6H3/t7-/m0/s1. The van der Waals surface area contributed by atoms with Crippen LogP contribution in [0.4, 0.5) is 0 Å². The highest BCUT2D eigenvalue weighted by atomic mass is 16.5. The molecule has 0 heterocycles. The second kappa shape index (κ2) is 3.11. The fourth-order valence-electron chi connectivity index (χ4n) is 1.70. The SMILES string of the molecule is CO[C@@H](C(C)(C)C)C(C)(C)O. The van der Waals surface area contributed by atoms with Crippen LogP contribution in [0.2, 0.25) is 0 Å². The average molecular weight is 160 g/mol. The van der Waals surface area contributed by atoms with Crippen molar-refractivity contribution in [2.45, 2.75) is 46.3 Å². The summed E-state index contributed by atoms with van der Waals surface area (Å²) in [6, 6.07) is 0. The zero-order chi connectivity index (χ0) is 9.28. The van der Waals surface area contributed by atoms with E-state index in [0.717, 1.165) is 0 Å². The first kappa shape index (κ1) is 10.9. The molecule has 0 aromatic carbocycles. The van der Waals surface area contributed by atoms with E-state index in [1.807, 2.05) is 0 Å². The Balaban J connectivity index is 4.43. The van der Waals surface area contributed by atoms with Crippen molar-refractivity contribution < 1.29 is 9.84 Å². The summed E-state index contributed by atoms with van der Waals surface area (Å²) < 4.78 is 5.23. The summed E-state index contributed by atoms with van der Waals surface area (Å²) >= 11 is 0. The first-order chi connectivity index (χ1) is 4.69. The first-order valence-corrected chi connectivity index (χ1v) is 3.94. The minimum absolute atomic E-state index is 0.0208. The van der Waals surface area contributed by atoms with Gasteiger partial charge in [-0.3, -0.25) is 0 Å². The number of rotatable bonds is 2. The van der Waals surface area contributed by atoms with Crippen molar-refractivity contribution in [1.82, 2.24) is 0 Å². The molecule has 0 amide bonds. The highest BCUT2D eigenvalue weighted by Gasteiger charge is 2.36. The molecule has 0 saturated carbocycles. The van der Waals surface area contributed by atoms with E-state index in [-0.39, 0.29) is 11.5 Å². The van der Waals surface area contributed by atoms with Gasteiger partial charge in [-0.1, -0.05) is 20.8 Å². The highest BCUT2D eigenvalue weighted by molar-refractivity contribution is 4.87. The van der Waals surface area contributed by atoms with Gasteiger partial charge in [0.2, 0.25) is 0 Å². The van der Waals surface area contributed by atoms with Gasteiger partial charge in [-0.25, -0.2) is 0 Å². The second-order valence-corrected chi connectivity index (χ2v) is 4.64. The van der Waals surface area contributed by atoms with Crippen molar-refractivity contribution in [3.63, 3.8) is 0 Å². The Morgan fingerprint density at radius 1 is 1.09 bits per heavy atom. The van der Waals surface area contributed by atoms with Gasteiger partial charge in [0.1, 0.15) is 0 Å². The van der Waals surface area contributed by atoms with E-state index in [9.17, 15) is 5.11 Å². The van der Waals surface area contributed by atoms with Crippen molar-refractivity contribution in [3.05, 3.63) is 0 Å². The Bertz CT molecular complexity index is 103. The Kier molecular flexibility index (Phi) is 3.09. The summed E-state index contributed by atoms with van der Waals surface area (Å²) in [5, 5.41) is 9.69. The molecule has 2 heteroatoms. The minimum atomic E-state index is -0.771. The molecule has 0 spiro atoms. The molecule has 2 nitrogen and oxygen atoms in total. The fraction of sp³-hybridized carbons (Fsp3) is 1.00. The summed E-state index contributed by atoms with van der Waals surface area (Å²) in [6.07, 6.45) is -0.130. The summed E-state index contributed by atoms with van der Waals surface area (Å²) in [6.45, 7) is 9.70. The molecule has 68 valence electrons.